The number of thioether (sulfide) groups is 1. The number of aliphatic carboxylic acids is 1. The summed E-state index contributed by atoms with van der Waals surface area (Å²) in [4.78, 5) is 12.8. The summed E-state index contributed by atoms with van der Waals surface area (Å²) in [6.07, 6.45) is 2.07. The predicted molar refractivity (Wildman–Crippen MR) is 116 cm³/mol. The largest absolute Gasteiger partial charge is 0.480 e. The molecule has 5 nitrogen and oxygen atoms in total. The Morgan fingerprint density at radius 2 is 1.48 bits per heavy atom. The van der Waals surface area contributed by atoms with Gasteiger partial charge in [-0.15, -0.1) is 11.8 Å². The van der Waals surface area contributed by atoms with Crippen molar-refractivity contribution < 1.29 is 18.3 Å². The molecule has 0 spiro atoms. The Bertz CT molecular complexity index is 1060. The highest BCUT2D eigenvalue weighted by molar-refractivity contribution is 7.98. The quantitative estimate of drug-likeness (QED) is 0.530. The van der Waals surface area contributed by atoms with Crippen LogP contribution in [0.2, 0.25) is 0 Å². The van der Waals surface area contributed by atoms with Crippen LogP contribution in [0.4, 0.5) is 0 Å². The van der Waals surface area contributed by atoms with E-state index in [2.05, 4.69) is 4.72 Å². The summed E-state index contributed by atoms with van der Waals surface area (Å²) in [7, 11) is -3.97. The maximum absolute atomic E-state index is 12.7. The number of sulfonamides is 1. The first kappa shape index (κ1) is 21.1. The van der Waals surface area contributed by atoms with E-state index in [0.29, 0.717) is 0 Å². The Morgan fingerprint density at radius 1 is 0.931 bits per heavy atom. The molecule has 0 saturated carbocycles. The molecule has 0 amide bonds. The van der Waals surface area contributed by atoms with Crippen molar-refractivity contribution in [1.82, 2.24) is 4.72 Å². The van der Waals surface area contributed by atoms with Crippen LogP contribution in [0.25, 0.3) is 11.1 Å². The molecule has 0 aromatic heterocycles. The van der Waals surface area contributed by atoms with E-state index in [4.69, 9.17) is 0 Å². The Balaban J connectivity index is 1.77. The number of benzene rings is 3. The molecule has 0 aliphatic carbocycles. The lowest BCUT2D eigenvalue weighted by Gasteiger charge is -2.15. The normalized spacial score (nSPS) is 12.4. The van der Waals surface area contributed by atoms with Crippen molar-refractivity contribution in [3.63, 3.8) is 0 Å². The molecule has 3 aromatic carbocycles. The number of carboxylic acid groups (broad SMARTS) is 1. The van der Waals surface area contributed by atoms with Crippen molar-refractivity contribution in [2.24, 2.45) is 0 Å². The molecule has 7 heteroatoms. The number of nitrogens with one attached hydrogen (secondary N) is 1. The summed E-state index contributed by atoms with van der Waals surface area (Å²) in [5.74, 6) is -1.22. The molecule has 1 unspecified atom stereocenters. The first-order valence-electron chi connectivity index (χ1n) is 8.92. The maximum Gasteiger partial charge on any atom is 0.322 e. The summed E-state index contributed by atoms with van der Waals surface area (Å²) in [5.41, 5.74) is 2.61. The zero-order valence-electron chi connectivity index (χ0n) is 15.8. The van der Waals surface area contributed by atoms with Gasteiger partial charge in [0, 0.05) is 4.90 Å². The standard InChI is InChI=1S/C22H21NO4S2/c1-28-19-11-7-17(8-12-19)18-9-13-20(14-10-18)29(26,27)23-21(22(24)25)15-16-5-3-2-4-6-16/h2-14,21,23H,15H2,1H3,(H,24,25). The molecule has 3 rings (SSSR count). The van der Waals surface area contributed by atoms with Gasteiger partial charge >= 0.3 is 5.97 Å². The van der Waals surface area contributed by atoms with Gasteiger partial charge in [0.05, 0.1) is 4.90 Å². The average molecular weight is 428 g/mol. The van der Waals surface area contributed by atoms with E-state index in [-0.39, 0.29) is 11.3 Å². The highest BCUT2D eigenvalue weighted by atomic mass is 32.2. The van der Waals surface area contributed by atoms with Gasteiger partial charge in [-0.25, -0.2) is 8.42 Å². The van der Waals surface area contributed by atoms with E-state index in [1.165, 1.54) is 12.1 Å². The van der Waals surface area contributed by atoms with Crippen LogP contribution in [0, 0.1) is 0 Å². The molecule has 0 saturated heterocycles. The number of hydrogen-bond donors (Lipinski definition) is 2. The van der Waals surface area contributed by atoms with Crippen molar-refractivity contribution in [1.29, 1.82) is 0 Å². The lowest BCUT2D eigenvalue weighted by molar-refractivity contribution is -0.138. The molecule has 3 aromatic rings. The van der Waals surface area contributed by atoms with Crippen LogP contribution in [-0.4, -0.2) is 31.8 Å². The number of carbonyl (C=O) groups is 1. The Morgan fingerprint density at radius 3 is 2.00 bits per heavy atom. The smallest absolute Gasteiger partial charge is 0.322 e. The van der Waals surface area contributed by atoms with Gasteiger partial charge in [-0.1, -0.05) is 54.6 Å². The molecule has 29 heavy (non-hydrogen) atoms. The van der Waals surface area contributed by atoms with Crippen LogP contribution in [0.15, 0.2) is 88.7 Å². The molecule has 2 N–H and O–H groups in total. The first-order chi connectivity index (χ1) is 13.9. The van der Waals surface area contributed by atoms with Gasteiger partial charge in [0.1, 0.15) is 6.04 Å². The third-order valence-corrected chi connectivity index (χ3v) is 6.70. The van der Waals surface area contributed by atoms with Gasteiger partial charge in [-0.05, 0) is 53.6 Å². The summed E-state index contributed by atoms with van der Waals surface area (Å²) >= 11 is 1.65. The third kappa shape index (κ3) is 5.47. The molecule has 0 radical (unpaired) electrons. The van der Waals surface area contributed by atoms with Gasteiger partial charge in [0.15, 0.2) is 0 Å². The van der Waals surface area contributed by atoms with Crippen molar-refractivity contribution in [3.05, 3.63) is 84.4 Å². The average Bonchev–Trinajstić information content (AvgIpc) is 2.74. The summed E-state index contributed by atoms with van der Waals surface area (Å²) in [6, 6.07) is 22.1. The van der Waals surface area contributed by atoms with Gasteiger partial charge in [-0.2, -0.15) is 4.72 Å². The molecule has 0 aliphatic rings. The Kier molecular flexibility index (Phi) is 6.74. The third-order valence-electron chi connectivity index (χ3n) is 4.47. The monoisotopic (exact) mass is 427 g/mol. The summed E-state index contributed by atoms with van der Waals surface area (Å²) < 4.78 is 27.7. The zero-order chi connectivity index (χ0) is 20.9. The Hall–Kier alpha value is -2.61. The van der Waals surface area contributed by atoms with E-state index in [1.54, 1.807) is 48.2 Å². The van der Waals surface area contributed by atoms with E-state index in [9.17, 15) is 18.3 Å². The highest BCUT2D eigenvalue weighted by Gasteiger charge is 2.25. The van der Waals surface area contributed by atoms with Gasteiger partial charge < -0.3 is 5.11 Å². The number of carboxylic acids is 1. The fraction of sp³-hybridized carbons (Fsp3) is 0.136. The summed E-state index contributed by atoms with van der Waals surface area (Å²) in [6.45, 7) is 0. The molecule has 0 bridgehead atoms. The van der Waals surface area contributed by atoms with Crippen molar-refractivity contribution in [3.8, 4) is 11.1 Å². The van der Waals surface area contributed by atoms with Gasteiger partial charge in [0.25, 0.3) is 0 Å². The predicted octanol–water partition coefficient (Wildman–Crippen LogP) is 4.05. The summed E-state index contributed by atoms with van der Waals surface area (Å²) in [5, 5.41) is 9.45. The maximum atomic E-state index is 12.7. The van der Waals surface area contributed by atoms with Gasteiger partial charge in [-0.3, -0.25) is 4.79 Å². The molecular weight excluding hydrogens is 406 g/mol. The van der Waals surface area contributed by atoms with Crippen molar-refractivity contribution >= 4 is 27.8 Å². The number of rotatable bonds is 8. The number of hydrogen-bond acceptors (Lipinski definition) is 4. The SMILES string of the molecule is CSc1ccc(-c2ccc(S(=O)(=O)NC(Cc3ccccc3)C(=O)O)cc2)cc1. The van der Waals surface area contributed by atoms with Crippen LogP contribution in [0.5, 0.6) is 0 Å². The van der Waals surface area contributed by atoms with E-state index in [0.717, 1.165) is 21.6 Å². The molecule has 0 aliphatic heterocycles. The fourth-order valence-corrected chi connectivity index (χ4v) is 4.49. The second kappa shape index (κ2) is 9.26. The van der Waals surface area contributed by atoms with Crippen LogP contribution >= 0.6 is 11.8 Å². The lowest BCUT2D eigenvalue weighted by Crippen LogP contribution is -2.42. The molecular formula is C22H21NO4S2. The van der Waals surface area contributed by atoms with E-state index < -0.39 is 22.0 Å². The van der Waals surface area contributed by atoms with E-state index >= 15 is 0 Å². The fourth-order valence-electron chi connectivity index (χ4n) is 2.89. The zero-order valence-corrected chi connectivity index (χ0v) is 17.4. The van der Waals surface area contributed by atoms with Crippen LogP contribution < -0.4 is 4.72 Å². The molecule has 1 atom stereocenters. The Labute approximate surface area is 174 Å². The van der Waals surface area contributed by atoms with Crippen LogP contribution in [0.1, 0.15) is 5.56 Å². The van der Waals surface area contributed by atoms with Crippen molar-refractivity contribution in [2.45, 2.75) is 22.3 Å². The second-order valence-corrected chi connectivity index (χ2v) is 9.05. The highest BCUT2D eigenvalue weighted by Crippen LogP contribution is 2.24. The van der Waals surface area contributed by atoms with E-state index in [1.807, 2.05) is 36.6 Å². The molecule has 0 heterocycles. The van der Waals surface area contributed by atoms with Gasteiger partial charge in [0.2, 0.25) is 10.0 Å². The minimum Gasteiger partial charge on any atom is -0.480 e. The molecule has 150 valence electrons. The lowest BCUT2D eigenvalue weighted by atomic mass is 10.1. The second-order valence-electron chi connectivity index (χ2n) is 6.45. The minimum atomic E-state index is -3.97. The minimum absolute atomic E-state index is 0.0290. The first-order valence-corrected chi connectivity index (χ1v) is 11.6. The van der Waals surface area contributed by atoms with Crippen LogP contribution in [0.3, 0.4) is 0 Å². The molecule has 0 fully saturated rings. The van der Waals surface area contributed by atoms with Crippen molar-refractivity contribution in [2.75, 3.05) is 6.26 Å². The van der Waals surface area contributed by atoms with Crippen LogP contribution in [-0.2, 0) is 21.2 Å². The topological polar surface area (TPSA) is 83.5 Å².